The Morgan fingerprint density at radius 2 is 2.04 bits per heavy atom. The Morgan fingerprint density at radius 1 is 1.21 bits per heavy atom. The second-order valence-electron chi connectivity index (χ2n) is 9.98. The van der Waals surface area contributed by atoms with Gasteiger partial charge in [0.15, 0.2) is 0 Å². The Bertz CT molecular complexity index is 824. The fourth-order valence-electron chi connectivity index (χ4n) is 6.44. The second kappa shape index (κ2) is 6.23. The highest BCUT2D eigenvalue weighted by Gasteiger charge is 2.60. The largest absolute Gasteiger partial charge is 0.362 e. The predicted molar refractivity (Wildman–Crippen MR) is 109 cm³/mol. The van der Waals surface area contributed by atoms with E-state index in [4.69, 9.17) is 0 Å². The molecule has 6 rings (SSSR count). The zero-order chi connectivity index (χ0) is 19.5. The third kappa shape index (κ3) is 2.66. The van der Waals surface area contributed by atoms with E-state index >= 15 is 0 Å². The van der Waals surface area contributed by atoms with Crippen LogP contribution in [0.2, 0.25) is 0 Å². The molecule has 0 unspecified atom stereocenters. The van der Waals surface area contributed by atoms with Crippen LogP contribution in [-0.2, 0) is 4.79 Å². The number of para-hydroxylation sites is 1. The van der Waals surface area contributed by atoms with Crippen LogP contribution in [0.15, 0.2) is 24.3 Å². The minimum absolute atomic E-state index is 0.0123. The van der Waals surface area contributed by atoms with Crippen LogP contribution in [-0.4, -0.2) is 35.5 Å². The van der Waals surface area contributed by atoms with Crippen molar-refractivity contribution < 1.29 is 9.59 Å². The molecule has 4 fully saturated rings. The first-order valence-electron chi connectivity index (χ1n) is 10.9. The van der Waals surface area contributed by atoms with Gasteiger partial charge in [0.2, 0.25) is 5.91 Å². The normalized spacial score (nSPS) is 39.3. The van der Waals surface area contributed by atoms with Gasteiger partial charge in [0.1, 0.15) is 5.66 Å². The topological polar surface area (TPSA) is 61.4 Å². The average Bonchev–Trinajstić information content (AvgIpc) is 2.67. The van der Waals surface area contributed by atoms with Crippen LogP contribution in [0.5, 0.6) is 0 Å². The highest BCUT2D eigenvalue weighted by atomic mass is 16.2. The summed E-state index contributed by atoms with van der Waals surface area (Å²) in [5.41, 5.74) is 1.16. The van der Waals surface area contributed by atoms with Crippen molar-refractivity contribution in [2.24, 2.45) is 23.2 Å². The van der Waals surface area contributed by atoms with Gasteiger partial charge in [0.05, 0.1) is 5.56 Å². The number of nitrogens with one attached hydrogen (secondary N) is 2. The van der Waals surface area contributed by atoms with Crippen LogP contribution < -0.4 is 10.6 Å². The Hall–Kier alpha value is -2.04. The summed E-state index contributed by atoms with van der Waals surface area (Å²) >= 11 is 0. The highest BCUT2D eigenvalue weighted by molar-refractivity contribution is 6.02. The Labute approximate surface area is 167 Å². The molecule has 5 nitrogen and oxygen atoms in total. The summed E-state index contributed by atoms with van der Waals surface area (Å²) in [5, 5.41) is 7.00. The van der Waals surface area contributed by atoms with E-state index in [0.717, 1.165) is 56.4 Å². The Morgan fingerprint density at radius 3 is 2.82 bits per heavy atom. The lowest BCUT2D eigenvalue weighted by molar-refractivity contribution is -0.152. The van der Waals surface area contributed by atoms with E-state index in [2.05, 4.69) is 29.4 Å². The quantitative estimate of drug-likeness (QED) is 0.781. The van der Waals surface area contributed by atoms with Gasteiger partial charge < -0.3 is 15.5 Å². The SMILES string of the molecule is C[C@@H]1CCCN(C(=O)[C@H]2C[C@H]3CC[C@@]2(C)C[C@]32NC(=O)c3ccccc3N2)C1. The lowest BCUT2D eigenvalue weighted by Gasteiger charge is -2.61. The number of fused-ring (bicyclic) bond motifs is 3. The van der Waals surface area contributed by atoms with Crippen molar-refractivity contribution in [1.29, 1.82) is 0 Å². The molecule has 1 aromatic rings. The number of likely N-dealkylation sites (tertiary alicyclic amines) is 1. The molecule has 5 aliphatic rings. The van der Waals surface area contributed by atoms with Gasteiger partial charge in [-0.3, -0.25) is 9.59 Å². The number of benzene rings is 1. The van der Waals surface area contributed by atoms with Crippen LogP contribution in [0.3, 0.4) is 0 Å². The van der Waals surface area contributed by atoms with E-state index in [0.29, 0.717) is 17.7 Å². The molecule has 1 spiro atoms. The monoisotopic (exact) mass is 381 g/mol. The number of amides is 2. The summed E-state index contributed by atoms with van der Waals surface area (Å²) in [4.78, 5) is 28.4. The van der Waals surface area contributed by atoms with E-state index in [1.165, 1.54) is 6.42 Å². The molecule has 2 aliphatic heterocycles. The summed E-state index contributed by atoms with van der Waals surface area (Å²) in [6, 6.07) is 7.75. The molecule has 28 heavy (non-hydrogen) atoms. The molecule has 150 valence electrons. The number of carbonyl (C=O) groups excluding carboxylic acids is 2. The number of nitrogens with zero attached hydrogens (tertiary/aromatic N) is 1. The van der Waals surface area contributed by atoms with E-state index in [1.807, 2.05) is 24.3 Å². The third-order valence-corrected chi connectivity index (χ3v) is 7.94. The molecule has 0 radical (unpaired) electrons. The molecule has 3 aliphatic carbocycles. The van der Waals surface area contributed by atoms with Crippen molar-refractivity contribution in [2.75, 3.05) is 18.4 Å². The van der Waals surface area contributed by atoms with Gasteiger partial charge in [-0.1, -0.05) is 26.0 Å². The maximum absolute atomic E-state index is 13.4. The van der Waals surface area contributed by atoms with Crippen molar-refractivity contribution in [1.82, 2.24) is 10.2 Å². The summed E-state index contributed by atoms with van der Waals surface area (Å²) in [5.74, 6) is 1.35. The molecule has 3 saturated carbocycles. The molecular formula is C23H31N3O2. The van der Waals surface area contributed by atoms with Crippen LogP contribution >= 0.6 is 0 Å². The van der Waals surface area contributed by atoms with Crippen molar-refractivity contribution in [2.45, 2.75) is 58.0 Å². The number of anilines is 1. The van der Waals surface area contributed by atoms with Crippen molar-refractivity contribution in [3.05, 3.63) is 29.8 Å². The predicted octanol–water partition coefficient (Wildman–Crippen LogP) is 3.62. The van der Waals surface area contributed by atoms with E-state index in [-0.39, 0.29) is 17.2 Å². The maximum atomic E-state index is 13.4. The molecule has 2 heterocycles. The molecule has 2 amide bonds. The van der Waals surface area contributed by atoms with Gasteiger partial charge in [-0.05, 0) is 62.0 Å². The lowest BCUT2D eigenvalue weighted by Crippen LogP contribution is -2.70. The number of piperidine rings is 1. The molecule has 1 saturated heterocycles. The first-order valence-corrected chi connectivity index (χ1v) is 10.9. The maximum Gasteiger partial charge on any atom is 0.255 e. The van der Waals surface area contributed by atoms with Crippen LogP contribution in [0.1, 0.15) is 62.7 Å². The Balaban J connectivity index is 1.41. The first kappa shape index (κ1) is 18.0. The van der Waals surface area contributed by atoms with Crippen molar-refractivity contribution in [3.8, 4) is 0 Å². The van der Waals surface area contributed by atoms with Gasteiger partial charge in [0, 0.05) is 30.6 Å². The highest BCUT2D eigenvalue weighted by Crippen LogP contribution is 2.58. The Kier molecular flexibility index (Phi) is 4.01. The first-order chi connectivity index (χ1) is 13.4. The van der Waals surface area contributed by atoms with Gasteiger partial charge in [-0.25, -0.2) is 0 Å². The fourth-order valence-corrected chi connectivity index (χ4v) is 6.44. The standard InChI is InChI=1S/C23H31N3O2/c1-15-6-5-11-26(13-15)21(28)18-12-16-9-10-22(18,2)14-23(16)24-19-8-4-3-7-17(19)20(27)25-23/h3-4,7-8,15-16,18,24H,5-6,9-14H2,1-2H3,(H,25,27)/t15-,16-,18-,22+,23+/m1/s1. The number of carbonyl (C=O) groups is 2. The summed E-state index contributed by atoms with van der Waals surface area (Å²) in [7, 11) is 0. The number of hydrogen-bond acceptors (Lipinski definition) is 3. The van der Waals surface area contributed by atoms with E-state index in [9.17, 15) is 9.59 Å². The smallest absolute Gasteiger partial charge is 0.255 e. The number of rotatable bonds is 1. The number of hydrogen-bond donors (Lipinski definition) is 2. The summed E-state index contributed by atoms with van der Waals surface area (Å²) < 4.78 is 0. The zero-order valence-corrected chi connectivity index (χ0v) is 17.0. The van der Waals surface area contributed by atoms with Gasteiger partial charge in [-0.15, -0.1) is 0 Å². The molecule has 0 aromatic heterocycles. The van der Waals surface area contributed by atoms with Gasteiger partial charge >= 0.3 is 0 Å². The fraction of sp³-hybridized carbons (Fsp3) is 0.652. The van der Waals surface area contributed by atoms with Crippen molar-refractivity contribution in [3.63, 3.8) is 0 Å². The van der Waals surface area contributed by atoms with Crippen LogP contribution in [0.25, 0.3) is 0 Å². The molecule has 1 aromatic carbocycles. The molecule has 2 N–H and O–H groups in total. The summed E-state index contributed by atoms with van der Waals surface area (Å²) in [6.45, 7) is 6.34. The van der Waals surface area contributed by atoms with Gasteiger partial charge in [0.25, 0.3) is 5.91 Å². The minimum atomic E-state index is -0.412. The zero-order valence-electron chi connectivity index (χ0n) is 17.0. The molecule has 5 heteroatoms. The minimum Gasteiger partial charge on any atom is -0.362 e. The molecule has 2 bridgehead atoms. The van der Waals surface area contributed by atoms with Crippen LogP contribution in [0.4, 0.5) is 5.69 Å². The van der Waals surface area contributed by atoms with Crippen LogP contribution in [0, 0.1) is 23.2 Å². The second-order valence-corrected chi connectivity index (χ2v) is 9.98. The van der Waals surface area contributed by atoms with E-state index < -0.39 is 5.66 Å². The molecular weight excluding hydrogens is 350 g/mol. The summed E-state index contributed by atoms with van der Waals surface area (Å²) in [6.07, 6.45) is 6.18. The van der Waals surface area contributed by atoms with Gasteiger partial charge in [-0.2, -0.15) is 0 Å². The lowest BCUT2D eigenvalue weighted by atomic mass is 9.51. The van der Waals surface area contributed by atoms with E-state index in [1.54, 1.807) is 0 Å². The molecule has 5 atom stereocenters. The third-order valence-electron chi connectivity index (χ3n) is 7.94. The van der Waals surface area contributed by atoms with Crippen molar-refractivity contribution >= 4 is 17.5 Å². The average molecular weight is 382 g/mol.